The Hall–Kier alpha value is -1.86. The molecule has 0 saturated heterocycles. The summed E-state index contributed by atoms with van der Waals surface area (Å²) in [6.45, 7) is -0.476. The van der Waals surface area contributed by atoms with Gasteiger partial charge in [0, 0.05) is 5.02 Å². The molecule has 0 aromatic heterocycles. The largest absolute Gasteiger partial charge is 0.368 e. The van der Waals surface area contributed by atoms with Crippen molar-refractivity contribution in [3.05, 3.63) is 29.0 Å². The molecular formula is C9H9ClFN3O3. The van der Waals surface area contributed by atoms with Gasteiger partial charge in [-0.1, -0.05) is 11.6 Å². The molecule has 1 rings (SSSR count). The zero-order valence-electron chi connectivity index (χ0n) is 8.50. The molecule has 0 aliphatic heterocycles. The van der Waals surface area contributed by atoms with Crippen LogP contribution in [0.4, 0.5) is 14.9 Å². The first-order chi connectivity index (χ1) is 7.99. The highest BCUT2D eigenvalue weighted by atomic mass is 35.5. The Balaban J connectivity index is 2.48. The third-order valence-electron chi connectivity index (χ3n) is 1.56. The van der Waals surface area contributed by atoms with Gasteiger partial charge in [0.05, 0.1) is 5.69 Å². The first-order valence-corrected chi connectivity index (χ1v) is 4.79. The summed E-state index contributed by atoms with van der Waals surface area (Å²) < 4.78 is 13.2. The van der Waals surface area contributed by atoms with E-state index in [0.717, 1.165) is 6.07 Å². The molecule has 1 aromatic carbocycles. The molecule has 0 fully saturated rings. The van der Waals surface area contributed by atoms with E-state index in [1.807, 2.05) is 5.48 Å². The van der Waals surface area contributed by atoms with Crippen LogP contribution in [-0.2, 0) is 9.63 Å². The number of hydrogen-bond acceptors (Lipinski definition) is 3. The second-order valence-corrected chi connectivity index (χ2v) is 3.37. The lowest BCUT2D eigenvalue weighted by Gasteiger charge is -2.07. The molecule has 0 spiro atoms. The Morgan fingerprint density at radius 1 is 1.47 bits per heavy atom. The zero-order chi connectivity index (χ0) is 12.8. The number of rotatable bonds is 4. The predicted molar refractivity (Wildman–Crippen MR) is 58.7 cm³/mol. The number of nitrogens with two attached hydrogens (primary N) is 1. The van der Waals surface area contributed by atoms with Crippen molar-refractivity contribution in [2.24, 2.45) is 5.73 Å². The van der Waals surface area contributed by atoms with Crippen LogP contribution in [0.3, 0.4) is 0 Å². The Labute approximate surface area is 101 Å². The smallest absolute Gasteiger partial charge is 0.343 e. The van der Waals surface area contributed by atoms with Gasteiger partial charge in [-0.25, -0.2) is 14.7 Å². The van der Waals surface area contributed by atoms with Crippen molar-refractivity contribution in [2.45, 2.75) is 0 Å². The van der Waals surface area contributed by atoms with E-state index in [-0.39, 0.29) is 10.7 Å². The van der Waals surface area contributed by atoms with Crippen molar-refractivity contribution >= 4 is 29.2 Å². The van der Waals surface area contributed by atoms with Gasteiger partial charge in [-0.3, -0.25) is 9.63 Å². The van der Waals surface area contributed by atoms with Gasteiger partial charge in [0.25, 0.3) is 0 Å². The summed E-state index contributed by atoms with van der Waals surface area (Å²) in [4.78, 5) is 25.8. The molecule has 92 valence electrons. The van der Waals surface area contributed by atoms with Crippen molar-refractivity contribution in [3.8, 4) is 0 Å². The molecule has 1 aromatic rings. The van der Waals surface area contributed by atoms with Crippen LogP contribution >= 0.6 is 11.6 Å². The average molecular weight is 262 g/mol. The van der Waals surface area contributed by atoms with Crippen molar-refractivity contribution < 1.29 is 18.8 Å². The fourth-order valence-electron chi connectivity index (χ4n) is 0.911. The molecule has 0 unspecified atom stereocenters. The molecule has 0 atom stereocenters. The lowest BCUT2D eigenvalue weighted by atomic mass is 10.3. The summed E-state index contributed by atoms with van der Waals surface area (Å²) in [7, 11) is 0. The maximum absolute atomic E-state index is 13.2. The number of benzene rings is 1. The number of carbonyl (C=O) groups excluding carboxylic acids is 2. The number of primary amides is 1. The number of nitrogens with one attached hydrogen (secondary N) is 2. The van der Waals surface area contributed by atoms with Gasteiger partial charge in [0.1, 0.15) is 5.82 Å². The van der Waals surface area contributed by atoms with Crippen LogP contribution in [0.1, 0.15) is 0 Å². The number of halogens is 2. The van der Waals surface area contributed by atoms with Crippen molar-refractivity contribution in [1.29, 1.82) is 0 Å². The van der Waals surface area contributed by atoms with E-state index < -0.39 is 24.4 Å². The van der Waals surface area contributed by atoms with Crippen LogP contribution in [-0.4, -0.2) is 18.5 Å². The van der Waals surface area contributed by atoms with Gasteiger partial charge in [0.15, 0.2) is 6.61 Å². The molecule has 3 amide bonds. The van der Waals surface area contributed by atoms with E-state index in [9.17, 15) is 14.0 Å². The van der Waals surface area contributed by atoms with Gasteiger partial charge in [-0.15, -0.1) is 0 Å². The Kier molecular flexibility index (Phi) is 4.68. The monoisotopic (exact) mass is 261 g/mol. The van der Waals surface area contributed by atoms with E-state index in [4.69, 9.17) is 17.3 Å². The maximum Gasteiger partial charge on any atom is 0.343 e. The fourth-order valence-corrected chi connectivity index (χ4v) is 1.07. The average Bonchev–Trinajstić information content (AvgIpc) is 2.21. The van der Waals surface area contributed by atoms with Crippen molar-refractivity contribution in [3.63, 3.8) is 0 Å². The van der Waals surface area contributed by atoms with Gasteiger partial charge in [0.2, 0.25) is 5.91 Å². The molecule has 0 heterocycles. The van der Waals surface area contributed by atoms with Crippen LogP contribution in [0.2, 0.25) is 5.02 Å². The molecular weight excluding hydrogens is 253 g/mol. The summed E-state index contributed by atoms with van der Waals surface area (Å²) in [5.74, 6) is -1.44. The highest BCUT2D eigenvalue weighted by Crippen LogP contribution is 2.18. The van der Waals surface area contributed by atoms with E-state index in [0.29, 0.717) is 0 Å². The topological polar surface area (TPSA) is 93.5 Å². The van der Waals surface area contributed by atoms with Crippen LogP contribution in [0, 0.1) is 5.82 Å². The molecule has 0 radical (unpaired) electrons. The lowest BCUT2D eigenvalue weighted by molar-refractivity contribution is -0.124. The second kappa shape index (κ2) is 6.02. The number of hydrogen-bond donors (Lipinski definition) is 3. The SMILES string of the molecule is NC(=O)CONC(=O)Nc1ccc(Cl)cc1F. The number of carbonyl (C=O) groups is 2. The van der Waals surface area contributed by atoms with Crippen molar-refractivity contribution in [1.82, 2.24) is 5.48 Å². The molecule has 0 saturated carbocycles. The van der Waals surface area contributed by atoms with E-state index >= 15 is 0 Å². The van der Waals surface area contributed by atoms with Crippen molar-refractivity contribution in [2.75, 3.05) is 11.9 Å². The van der Waals surface area contributed by atoms with Crippen LogP contribution < -0.4 is 16.5 Å². The predicted octanol–water partition coefficient (Wildman–Crippen LogP) is 1.02. The first-order valence-electron chi connectivity index (χ1n) is 4.41. The number of urea groups is 1. The standard InChI is InChI=1S/C9H9ClFN3O3/c10-5-1-2-7(6(11)3-5)13-9(16)14-17-4-8(12)15/h1-3H,4H2,(H2,12,15)(H2,13,14,16). The maximum atomic E-state index is 13.2. The molecule has 0 bridgehead atoms. The molecule has 6 nitrogen and oxygen atoms in total. The van der Waals surface area contributed by atoms with Gasteiger partial charge < -0.3 is 11.1 Å². The number of anilines is 1. The molecule has 4 N–H and O–H groups in total. The number of amides is 3. The molecule has 0 aliphatic carbocycles. The van der Waals surface area contributed by atoms with Crippen LogP contribution in [0.15, 0.2) is 18.2 Å². The minimum absolute atomic E-state index is 0.0745. The Bertz CT molecular complexity index is 441. The van der Waals surface area contributed by atoms with Gasteiger partial charge in [-0.2, -0.15) is 0 Å². The molecule has 8 heteroatoms. The minimum Gasteiger partial charge on any atom is -0.368 e. The van der Waals surface area contributed by atoms with Crippen LogP contribution in [0.25, 0.3) is 0 Å². The van der Waals surface area contributed by atoms with Gasteiger partial charge in [-0.05, 0) is 18.2 Å². The summed E-state index contributed by atoms with van der Waals surface area (Å²) in [5, 5.41) is 2.36. The van der Waals surface area contributed by atoms with Crippen LogP contribution in [0.5, 0.6) is 0 Å². The zero-order valence-corrected chi connectivity index (χ0v) is 9.25. The third-order valence-corrected chi connectivity index (χ3v) is 1.79. The highest BCUT2D eigenvalue weighted by molar-refractivity contribution is 6.30. The molecule has 17 heavy (non-hydrogen) atoms. The summed E-state index contributed by atoms with van der Waals surface area (Å²) >= 11 is 5.53. The minimum atomic E-state index is -0.840. The second-order valence-electron chi connectivity index (χ2n) is 2.94. The summed E-state index contributed by atoms with van der Waals surface area (Å²) in [6, 6.07) is 2.89. The third kappa shape index (κ3) is 4.66. The van der Waals surface area contributed by atoms with E-state index in [1.54, 1.807) is 0 Å². The summed E-state index contributed by atoms with van der Waals surface area (Å²) in [5.41, 5.74) is 6.54. The highest BCUT2D eigenvalue weighted by Gasteiger charge is 2.07. The van der Waals surface area contributed by atoms with E-state index in [1.165, 1.54) is 12.1 Å². The lowest BCUT2D eigenvalue weighted by Crippen LogP contribution is -2.32. The Morgan fingerprint density at radius 3 is 2.76 bits per heavy atom. The fraction of sp³-hybridized carbons (Fsp3) is 0.111. The van der Waals surface area contributed by atoms with E-state index in [2.05, 4.69) is 10.2 Å². The normalized spacial score (nSPS) is 9.76. The molecule has 0 aliphatic rings. The summed E-state index contributed by atoms with van der Waals surface area (Å²) in [6.07, 6.45) is 0. The number of hydroxylamine groups is 1. The van der Waals surface area contributed by atoms with Gasteiger partial charge >= 0.3 is 6.03 Å². The Morgan fingerprint density at radius 2 is 2.18 bits per heavy atom. The quantitative estimate of drug-likeness (QED) is 0.706. The first kappa shape index (κ1) is 13.2.